The molecule has 0 aromatic heterocycles. The minimum atomic E-state index is -3.52. The van der Waals surface area contributed by atoms with Crippen LogP contribution in [0.15, 0.2) is 24.3 Å². The van der Waals surface area contributed by atoms with Crippen molar-refractivity contribution in [3.63, 3.8) is 0 Å². The molecule has 290 valence electrons. The molecule has 0 spiro atoms. The zero-order chi connectivity index (χ0) is 38.8. The summed E-state index contributed by atoms with van der Waals surface area (Å²) < 4.78 is 27.0. The van der Waals surface area contributed by atoms with E-state index in [1.54, 1.807) is 25.7 Å². The fraction of sp³-hybridized carbons (Fsp3) is 0.711. The minimum absolute atomic E-state index is 0.0528. The zero-order valence-electron chi connectivity index (χ0n) is 32.4. The first-order chi connectivity index (χ1) is 24.3. The number of carbonyl (C=O) groups excluding carboxylic acids is 5. The van der Waals surface area contributed by atoms with E-state index in [0.717, 1.165) is 11.1 Å². The Hall–Kier alpha value is -3.52. The molecule has 52 heavy (non-hydrogen) atoms. The molecule has 1 aromatic rings. The van der Waals surface area contributed by atoms with E-state index in [9.17, 15) is 32.4 Å². The summed E-state index contributed by atoms with van der Waals surface area (Å²) in [6.07, 6.45) is 1.93. The molecule has 4 N–H and O–H groups in total. The molecule has 5 amide bonds. The van der Waals surface area contributed by atoms with Crippen LogP contribution in [0.5, 0.6) is 0 Å². The predicted molar refractivity (Wildman–Crippen MR) is 200 cm³/mol. The van der Waals surface area contributed by atoms with Crippen molar-refractivity contribution in [2.24, 2.45) is 28.6 Å². The van der Waals surface area contributed by atoms with Crippen LogP contribution >= 0.6 is 0 Å². The van der Waals surface area contributed by atoms with E-state index in [1.807, 2.05) is 52.0 Å². The third kappa shape index (κ3) is 8.81. The van der Waals surface area contributed by atoms with Crippen molar-refractivity contribution in [1.82, 2.24) is 30.5 Å². The average Bonchev–Trinajstić information content (AvgIpc) is 3.44. The first kappa shape index (κ1) is 41.2. The number of likely N-dealkylation sites (N-methyl/N-ethyl adjacent to an activating group) is 2. The van der Waals surface area contributed by atoms with Crippen molar-refractivity contribution in [2.75, 3.05) is 31.9 Å². The Morgan fingerprint density at radius 1 is 0.962 bits per heavy atom. The number of hydrogen-bond donors (Lipinski definition) is 4. The summed E-state index contributed by atoms with van der Waals surface area (Å²) in [5.41, 5.74) is 1.45. The summed E-state index contributed by atoms with van der Waals surface area (Å²) in [6.45, 7) is 17.7. The van der Waals surface area contributed by atoms with Gasteiger partial charge in [0.05, 0.1) is 11.8 Å². The van der Waals surface area contributed by atoms with Gasteiger partial charge in [-0.1, -0.05) is 79.2 Å². The van der Waals surface area contributed by atoms with Crippen molar-refractivity contribution >= 4 is 39.6 Å². The number of nitrogens with one attached hydrogen (secondary N) is 4. The van der Waals surface area contributed by atoms with E-state index < -0.39 is 63.2 Å². The molecule has 2 fully saturated rings. The van der Waals surface area contributed by atoms with Gasteiger partial charge in [-0.25, -0.2) is 17.5 Å². The summed E-state index contributed by atoms with van der Waals surface area (Å²) in [7, 11) is -3.52. The molecule has 1 saturated carbocycles. The Morgan fingerprint density at radius 2 is 1.58 bits per heavy atom. The van der Waals surface area contributed by atoms with Crippen LogP contribution < -0.4 is 21.3 Å². The number of benzene rings is 1. The van der Waals surface area contributed by atoms with E-state index in [2.05, 4.69) is 35.1 Å². The van der Waals surface area contributed by atoms with Crippen LogP contribution in [-0.4, -0.2) is 103 Å². The predicted octanol–water partition coefficient (Wildman–Crippen LogP) is 2.63. The van der Waals surface area contributed by atoms with Gasteiger partial charge in [-0.05, 0) is 72.8 Å². The van der Waals surface area contributed by atoms with E-state index in [1.165, 1.54) is 4.31 Å². The van der Waals surface area contributed by atoms with Crippen molar-refractivity contribution in [2.45, 2.75) is 112 Å². The largest absolute Gasteiger partial charge is 0.350 e. The lowest BCUT2D eigenvalue weighted by Gasteiger charge is -2.37. The molecule has 4 rings (SSSR count). The monoisotopic (exact) mass is 744 g/mol. The number of amides is 5. The Kier molecular flexibility index (Phi) is 12.9. The van der Waals surface area contributed by atoms with Gasteiger partial charge in [0.2, 0.25) is 27.6 Å². The molecule has 3 aliphatic rings. The number of sulfonamides is 1. The maximum absolute atomic E-state index is 14.8. The van der Waals surface area contributed by atoms with Gasteiger partial charge in [0.25, 0.3) is 5.91 Å². The number of piperidine rings is 1. The van der Waals surface area contributed by atoms with E-state index >= 15 is 0 Å². The van der Waals surface area contributed by atoms with Crippen molar-refractivity contribution in [1.29, 1.82) is 0 Å². The number of carbonyl (C=O) groups is 5. The van der Waals surface area contributed by atoms with Gasteiger partial charge in [-0.3, -0.25) is 19.2 Å². The van der Waals surface area contributed by atoms with Crippen LogP contribution in [0.4, 0.5) is 4.79 Å². The third-order valence-electron chi connectivity index (χ3n) is 11.5. The molecule has 0 bridgehead atoms. The van der Waals surface area contributed by atoms with Gasteiger partial charge in [-0.15, -0.1) is 0 Å². The lowest BCUT2D eigenvalue weighted by atomic mass is 9.86. The molecule has 14 heteroatoms. The Morgan fingerprint density at radius 3 is 2.10 bits per heavy atom. The molecule has 1 saturated heterocycles. The quantitative estimate of drug-likeness (QED) is 0.188. The number of urea groups is 1. The minimum Gasteiger partial charge on any atom is -0.350 e. The molecule has 1 aromatic carbocycles. The number of ketones is 1. The van der Waals surface area contributed by atoms with Crippen molar-refractivity contribution in [3.05, 3.63) is 35.4 Å². The van der Waals surface area contributed by atoms with Crippen molar-refractivity contribution < 1.29 is 32.4 Å². The topological polar surface area (TPSA) is 174 Å². The van der Waals surface area contributed by atoms with Gasteiger partial charge < -0.3 is 26.2 Å². The van der Waals surface area contributed by atoms with Crippen LogP contribution in [0, 0.1) is 28.6 Å². The first-order valence-corrected chi connectivity index (χ1v) is 20.5. The summed E-state index contributed by atoms with van der Waals surface area (Å²) in [4.78, 5) is 70.0. The fourth-order valence-electron chi connectivity index (χ4n) is 8.12. The van der Waals surface area contributed by atoms with Gasteiger partial charge in [0.1, 0.15) is 12.1 Å². The lowest BCUT2D eigenvalue weighted by Crippen LogP contribution is -2.62. The van der Waals surface area contributed by atoms with Crippen LogP contribution in [0.1, 0.15) is 86.3 Å². The molecular formula is C38H60N6O7S. The van der Waals surface area contributed by atoms with Gasteiger partial charge >= 0.3 is 6.03 Å². The summed E-state index contributed by atoms with van der Waals surface area (Å²) in [5.74, 6) is -2.80. The summed E-state index contributed by atoms with van der Waals surface area (Å²) >= 11 is 0. The number of nitrogens with zero attached hydrogens (tertiary/aromatic N) is 2. The molecule has 1 aliphatic heterocycles. The highest BCUT2D eigenvalue weighted by molar-refractivity contribution is 7.89. The second-order valence-electron chi connectivity index (χ2n) is 16.3. The lowest BCUT2D eigenvalue weighted by molar-refractivity contribution is -0.144. The van der Waals surface area contributed by atoms with E-state index in [-0.39, 0.29) is 60.9 Å². The standard InChI is InChI=1S/C38H60N6O7S/c1-10-16-27(32(45)34(47)39-11-2)40-33(46)31-29-26(38(29,8)9)21-44(31)35(48)30(25-19-23-17-14-15-18-24(23)20-25)42-36(49)41-28(37(5,6)7)22-43(12-3)52(50,51)13-4/h14-15,17-18,25-31H,10-13,16,19-22H2,1-9H3,(H,39,47)(H,40,46)(H2,41,42,49)/t26-,27?,28+,29-,30-,31-/m0/s1. The smallest absolute Gasteiger partial charge is 0.315 e. The second kappa shape index (κ2) is 16.2. The normalized spacial score (nSPS) is 22.5. The van der Waals surface area contributed by atoms with Crippen LogP contribution in [0.3, 0.4) is 0 Å². The molecular weight excluding hydrogens is 685 g/mol. The van der Waals surface area contributed by atoms with E-state index in [0.29, 0.717) is 25.8 Å². The summed E-state index contributed by atoms with van der Waals surface area (Å²) in [6, 6.07) is 3.84. The maximum atomic E-state index is 14.8. The highest BCUT2D eigenvalue weighted by Gasteiger charge is 2.69. The van der Waals surface area contributed by atoms with Crippen LogP contribution in [0.2, 0.25) is 0 Å². The number of hydrogen-bond acceptors (Lipinski definition) is 7. The van der Waals surface area contributed by atoms with Gasteiger partial charge in [0, 0.05) is 32.2 Å². The molecule has 1 unspecified atom stereocenters. The first-order valence-electron chi connectivity index (χ1n) is 18.9. The van der Waals surface area contributed by atoms with Gasteiger partial charge in [0.15, 0.2) is 0 Å². The maximum Gasteiger partial charge on any atom is 0.315 e. The second-order valence-corrected chi connectivity index (χ2v) is 18.5. The third-order valence-corrected chi connectivity index (χ3v) is 13.4. The van der Waals surface area contributed by atoms with Crippen LogP contribution in [-0.2, 0) is 42.0 Å². The summed E-state index contributed by atoms with van der Waals surface area (Å²) in [5, 5.41) is 11.3. The number of likely N-dealkylation sites (tertiary alicyclic amines) is 1. The molecule has 0 radical (unpaired) electrons. The highest BCUT2D eigenvalue weighted by atomic mass is 32.2. The Balaban J connectivity index is 1.63. The fourth-order valence-corrected chi connectivity index (χ4v) is 9.26. The van der Waals surface area contributed by atoms with Gasteiger partial charge in [-0.2, -0.15) is 0 Å². The van der Waals surface area contributed by atoms with E-state index in [4.69, 9.17) is 0 Å². The molecule has 2 aliphatic carbocycles. The number of rotatable bonds is 16. The van der Waals surface area contributed by atoms with Crippen LogP contribution in [0.25, 0.3) is 0 Å². The number of Topliss-reactive ketones (excluding diaryl/α,β-unsaturated/α-hetero) is 1. The Labute approximate surface area is 309 Å². The molecule has 1 heterocycles. The number of fused-ring (bicyclic) bond motifs is 2. The van der Waals surface area contributed by atoms with Crippen molar-refractivity contribution in [3.8, 4) is 0 Å². The molecule has 13 nitrogen and oxygen atoms in total. The SMILES string of the molecule is CCCC(NC(=O)[C@@H]1[C@@H]2[C@H](CN1C(=O)[C@@H](NC(=O)N[C@H](CN(CC)S(=O)(=O)CC)C(C)(C)C)C1Cc3ccccc3C1)C2(C)C)C(=O)C(=O)NCC. The average molecular weight is 745 g/mol. The zero-order valence-corrected chi connectivity index (χ0v) is 33.2. The highest BCUT2D eigenvalue weighted by Crippen LogP contribution is 2.65. The molecule has 6 atom stereocenters. The Bertz CT molecular complexity index is 1600.